The molecule has 90 valence electrons. The first-order chi connectivity index (χ1) is 7.63. The van der Waals surface area contributed by atoms with Crippen LogP contribution in [-0.2, 0) is 0 Å². The van der Waals surface area contributed by atoms with Crippen molar-refractivity contribution in [3.63, 3.8) is 0 Å². The lowest BCUT2D eigenvalue weighted by atomic mass is 10.4. The summed E-state index contributed by atoms with van der Waals surface area (Å²) in [5.74, 6) is 0.509. The van der Waals surface area contributed by atoms with Crippen molar-refractivity contribution < 1.29 is 4.39 Å². The Labute approximate surface area is 95.9 Å². The van der Waals surface area contributed by atoms with Crippen LogP contribution in [0.3, 0.4) is 0 Å². The second-order valence-electron chi connectivity index (χ2n) is 3.47. The largest absolute Gasteiger partial charge is 0.368 e. The summed E-state index contributed by atoms with van der Waals surface area (Å²) in [5, 5.41) is 2.91. The highest BCUT2D eigenvalue weighted by Gasteiger charge is 2.13. The molecule has 16 heavy (non-hydrogen) atoms. The highest BCUT2D eigenvalue weighted by molar-refractivity contribution is 5.44. The Morgan fingerprint density at radius 3 is 2.31 bits per heavy atom. The Morgan fingerprint density at radius 1 is 1.19 bits per heavy atom. The molecule has 1 N–H and O–H groups in total. The second-order valence-corrected chi connectivity index (χ2v) is 3.47. The van der Waals surface area contributed by atoms with Crippen LogP contribution in [0.15, 0.2) is 0 Å². The van der Waals surface area contributed by atoms with Crippen molar-refractivity contribution in [2.45, 2.75) is 27.7 Å². The van der Waals surface area contributed by atoms with E-state index >= 15 is 0 Å². The van der Waals surface area contributed by atoms with Crippen molar-refractivity contribution in [2.24, 2.45) is 0 Å². The van der Waals surface area contributed by atoms with Crippen molar-refractivity contribution in [1.82, 2.24) is 9.97 Å². The normalized spacial score (nSPS) is 10.3. The molecule has 1 rings (SSSR count). The molecule has 1 aromatic heterocycles. The van der Waals surface area contributed by atoms with Crippen LogP contribution in [-0.4, -0.2) is 29.6 Å². The second kappa shape index (κ2) is 5.63. The fraction of sp³-hybridized carbons (Fsp3) is 0.636. The molecule has 1 aromatic rings. The van der Waals surface area contributed by atoms with Crippen molar-refractivity contribution in [3.05, 3.63) is 11.5 Å². The van der Waals surface area contributed by atoms with Crippen LogP contribution < -0.4 is 10.2 Å². The SMILES string of the molecule is CCNc1nc(N(CC)CC)nc(C)c1F. The molecular formula is C11H19FN4. The van der Waals surface area contributed by atoms with E-state index in [1.807, 2.05) is 25.7 Å². The van der Waals surface area contributed by atoms with E-state index in [1.165, 1.54) is 0 Å². The topological polar surface area (TPSA) is 41.1 Å². The minimum atomic E-state index is -0.363. The molecule has 0 radical (unpaired) electrons. The number of halogens is 1. The average molecular weight is 226 g/mol. The zero-order valence-corrected chi connectivity index (χ0v) is 10.3. The molecule has 0 amide bonds. The van der Waals surface area contributed by atoms with E-state index in [0.717, 1.165) is 13.1 Å². The number of nitrogens with zero attached hydrogens (tertiary/aromatic N) is 3. The number of aromatic nitrogens is 2. The Kier molecular flexibility index (Phi) is 4.46. The van der Waals surface area contributed by atoms with Gasteiger partial charge in [-0.3, -0.25) is 0 Å². The fourth-order valence-corrected chi connectivity index (χ4v) is 1.48. The van der Waals surface area contributed by atoms with E-state index < -0.39 is 0 Å². The molecule has 0 bridgehead atoms. The third-order valence-electron chi connectivity index (χ3n) is 2.40. The molecule has 0 fully saturated rings. The van der Waals surface area contributed by atoms with Crippen LogP contribution in [0, 0.1) is 12.7 Å². The fourth-order valence-electron chi connectivity index (χ4n) is 1.48. The van der Waals surface area contributed by atoms with Gasteiger partial charge in [0.25, 0.3) is 0 Å². The van der Waals surface area contributed by atoms with Gasteiger partial charge in [-0.05, 0) is 27.7 Å². The molecule has 0 aliphatic rings. The van der Waals surface area contributed by atoms with Crippen LogP contribution in [0.5, 0.6) is 0 Å². The molecule has 0 aromatic carbocycles. The lowest BCUT2D eigenvalue weighted by molar-refractivity contribution is 0.603. The standard InChI is InChI=1S/C11H19FN4/c1-5-13-10-9(12)8(4)14-11(15-10)16(6-2)7-3/h5-7H2,1-4H3,(H,13,14,15). The van der Waals surface area contributed by atoms with Gasteiger partial charge < -0.3 is 10.2 Å². The van der Waals surface area contributed by atoms with Gasteiger partial charge in [0.05, 0.1) is 5.69 Å². The van der Waals surface area contributed by atoms with Crippen molar-refractivity contribution in [3.8, 4) is 0 Å². The van der Waals surface area contributed by atoms with Crippen LogP contribution in [0.1, 0.15) is 26.5 Å². The van der Waals surface area contributed by atoms with Crippen LogP contribution in [0.4, 0.5) is 16.2 Å². The quantitative estimate of drug-likeness (QED) is 0.835. The van der Waals surface area contributed by atoms with E-state index in [-0.39, 0.29) is 11.6 Å². The van der Waals surface area contributed by atoms with Gasteiger partial charge in [0.2, 0.25) is 5.95 Å². The Morgan fingerprint density at radius 2 is 1.81 bits per heavy atom. The zero-order chi connectivity index (χ0) is 12.1. The van der Waals surface area contributed by atoms with Crippen LogP contribution in [0.2, 0.25) is 0 Å². The molecule has 0 aliphatic carbocycles. The smallest absolute Gasteiger partial charge is 0.227 e. The van der Waals surface area contributed by atoms with Gasteiger partial charge in [0, 0.05) is 19.6 Å². The summed E-state index contributed by atoms with van der Waals surface area (Å²) in [6.45, 7) is 9.89. The Bertz CT molecular complexity index is 350. The predicted octanol–water partition coefficient (Wildman–Crippen LogP) is 2.20. The summed E-state index contributed by atoms with van der Waals surface area (Å²) >= 11 is 0. The highest BCUT2D eigenvalue weighted by atomic mass is 19.1. The number of aryl methyl sites for hydroxylation is 1. The Hall–Kier alpha value is -1.39. The molecule has 5 heteroatoms. The van der Waals surface area contributed by atoms with E-state index in [1.54, 1.807) is 6.92 Å². The molecule has 0 atom stereocenters. The minimum absolute atomic E-state index is 0.289. The van der Waals surface area contributed by atoms with Crippen LogP contribution >= 0.6 is 0 Å². The van der Waals surface area contributed by atoms with E-state index in [0.29, 0.717) is 18.2 Å². The number of hydrogen-bond acceptors (Lipinski definition) is 4. The monoisotopic (exact) mass is 226 g/mol. The zero-order valence-electron chi connectivity index (χ0n) is 10.3. The van der Waals surface area contributed by atoms with Gasteiger partial charge in [-0.25, -0.2) is 9.37 Å². The first kappa shape index (κ1) is 12.7. The van der Waals surface area contributed by atoms with Crippen LogP contribution in [0.25, 0.3) is 0 Å². The first-order valence-electron chi connectivity index (χ1n) is 5.66. The van der Waals surface area contributed by atoms with E-state index in [9.17, 15) is 4.39 Å². The lowest BCUT2D eigenvalue weighted by Gasteiger charge is -2.20. The summed E-state index contributed by atoms with van der Waals surface area (Å²) in [4.78, 5) is 10.3. The average Bonchev–Trinajstić information content (AvgIpc) is 2.27. The molecule has 1 heterocycles. The van der Waals surface area contributed by atoms with Gasteiger partial charge in [0.1, 0.15) is 0 Å². The van der Waals surface area contributed by atoms with Gasteiger partial charge >= 0.3 is 0 Å². The van der Waals surface area contributed by atoms with Gasteiger partial charge in [-0.2, -0.15) is 4.98 Å². The van der Waals surface area contributed by atoms with Crippen molar-refractivity contribution >= 4 is 11.8 Å². The maximum Gasteiger partial charge on any atom is 0.227 e. The maximum atomic E-state index is 13.6. The van der Waals surface area contributed by atoms with Crippen molar-refractivity contribution in [1.29, 1.82) is 0 Å². The van der Waals surface area contributed by atoms with E-state index in [2.05, 4.69) is 15.3 Å². The third-order valence-corrected chi connectivity index (χ3v) is 2.40. The highest BCUT2D eigenvalue weighted by Crippen LogP contribution is 2.18. The third kappa shape index (κ3) is 2.59. The maximum absolute atomic E-state index is 13.6. The summed E-state index contributed by atoms with van der Waals surface area (Å²) in [7, 11) is 0. The summed E-state index contributed by atoms with van der Waals surface area (Å²) in [6, 6.07) is 0. The molecule has 0 unspecified atom stereocenters. The van der Waals surface area contributed by atoms with Crippen molar-refractivity contribution in [2.75, 3.05) is 29.9 Å². The van der Waals surface area contributed by atoms with E-state index in [4.69, 9.17) is 0 Å². The minimum Gasteiger partial charge on any atom is -0.368 e. The molecular weight excluding hydrogens is 207 g/mol. The number of hydrogen-bond donors (Lipinski definition) is 1. The summed E-state index contributed by atoms with van der Waals surface area (Å²) in [6.07, 6.45) is 0. The first-order valence-corrected chi connectivity index (χ1v) is 5.66. The molecule has 0 spiro atoms. The van der Waals surface area contributed by atoms with Gasteiger partial charge in [0.15, 0.2) is 11.6 Å². The number of nitrogens with one attached hydrogen (secondary N) is 1. The molecule has 0 saturated heterocycles. The number of anilines is 2. The summed E-state index contributed by atoms with van der Waals surface area (Å²) < 4.78 is 13.6. The molecule has 0 aliphatic heterocycles. The van der Waals surface area contributed by atoms with Gasteiger partial charge in [-0.15, -0.1) is 0 Å². The predicted molar refractivity (Wildman–Crippen MR) is 64.5 cm³/mol. The lowest BCUT2D eigenvalue weighted by Crippen LogP contribution is -2.25. The molecule has 0 saturated carbocycles. The Balaban J connectivity index is 3.12. The number of rotatable bonds is 5. The summed E-state index contributed by atoms with van der Waals surface area (Å²) in [5.41, 5.74) is 0.382. The van der Waals surface area contributed by atoms with Gasteiger partial charge in [-0.1, -0.05) is 0 Å². The molecule has 4 nitrogen and oxygen atoms in total.